The number of aromatic nitrogens is 1. The van der Waals surface area contributed by atoms with E-state index in [1.54, 1.807) is 11.0 Å². The van der Waals surface area contributed by atoms with Gasteiger partial charge in [0.25, 0.3) is 5.91 Å². The zero-order chi connectivity index (χ0) is 13.3. The Labute approximate surface area is 106 Å². The number of nitrogens with zero attached hydrogens (tertiary/aromatic N) is 2. The largest absolute Gasteiger partial charge is 0.481 e. The van der Waals surface area contributed by atoms with E-state index in [2.05, 4.69) is 0 Å². The lowest BCUT2D eigenvalue weighted by Gasteiger charge is -2.30. The molecule has 1 aliphatic heterocycles. The summed E-state index contributed by atoms with van der Waals surface area (Å²) in [4.78, 5) is 25.0. The van der Waals surface area contributed by atoms with Crippen LogP contribution in [-0.4, -0.2) is 39.5 Å². The van der Waals surface area contributed by atoms with Gasteiger partial charge in [0.1, 0.15) is 5.69 Å². The van der Waals surface area contributed by atoms with Crippen molar-refractivity contribution >= 4 is 11.9 Å². The number of rotatable bonds is 2. The first-order chi connectivity index (χ1) is 8.50. The number of carbonyl (C=O) groups is 2. The van der Waals surface area contributed by atoms with Crippen molar-refractivity contribution in [3.63, 3.8) is 0 Å². The van der Waals surface area contributed by atoms with Crippen LogP contribution < -0.4 is 0 Å². The van der Waals surface area contributed by atoms with Crippen molar-refractivity contribution in [2.45, 2.75) is 19.8 Å². The number of piperidine rings is 1. The van der Waals surface area contributed by atoms with Crippen molar-refractivity contribution in [3.8, 4) is 0 Å². The minimum atomic E-state index is -0.810. The Hall–Kier alpha value is -1.78. The summed E-state index contributed by atoms with van der Waals surface area (Å²) in [6.45, 7) is 2.90. The zero-order valence-electron chi connectivity index (χ0n) is 10.7. The van der Waals surface area contributed by atoms with Crippen LogP contribution in [0.4, 0.5) is 0 Å². The second kappa shape index (κ2) is 4.84. The summed E-state index contributed by atoms with van der Waals surface area (Å²) in [5, 5.41) is 9.02. The first-order valence-electron chi connectivity index (χ1n) is 6.15. The van der Waals surface area contributed by atoms with Crippen molar-refractivity contribution in [1.82, 2.24) is 9.47 Å². The number of carboxylic acids is 1. The van der Waals surface area contributed by atoms with Crippen LogP contribution in [0.5, 0.6) is 0 Å². The molecule has 1 N–H and O–H groups in total. The molecule has 0 bridgehead atoms. The van der Waals surface area contributed by atoms with Crippen molar-refractivity contribution in [1.29, 1.82) is 0 Å². The van der Waals surface area contributed by atoms with Gasteiger partial charge in [-0.1, -0.05) is 0 Å². The van der Waals surface area contributed by atoms with Crippen LogP contribution in [0.25, 0.3) is 0 Å². The lowest BCUT2D eigenvalue weighted by atomic mass is 9.98. The number of carbonyl (C=O) groups excluding carboxylic acids is 1. The summed E-state index contributed by atoms with van der Waals surface area (Å²) in [5.41, 5.74) is 1.64. The first kappa shape index (κ1) is 12.7. The van der Waals surface area contributed by atoms with Gasteiger partial charge in [0, 0.05) is 25.8 Å². The average Bonchev–Trinajstić information content (AvgIpc) is 2.69. The number of amides is 1. The third-order valence-electron chi connectivity index (χ3n) is 3.65. The van der Waals surface area contributed by atoms with Gasteiger partial charge in [-0.15, -0.1) is 0 Å². The molecule has 5 nitrogen and oxygen atoms in total. The molecule has 2 rings (SSSR count). The molecule has 2 heterocycles. The topological polar surface area (TPSA) is 62.5 Å². The quantitative estimate of drug-likeness (QED) is 0.859. The van der Waals surface area contributed by atoms with E-state index in [1.807, 2.05) is 24.6 Å². The molecular weight excluding hydrogens is 232 g/mol. The van der Waals surface area contributed by atoms with Crippen molar-refractivity contribution in [2.24, 2.45) is 13.0 Å². The van der Waals surface area contributed by atoms with E-state index in [0.717, 1.165) is 12.1 Å². The van der Waals surface area contributed by atoms with E-state index in [1.165, 1.54) is 0 Å². The summed E-state index contributed by atoms with van der Waals surface area (Å²) >= 11 is 0. The standard InChI is InChI=1S/C13H18N2O3/c1-9-5-6-11(14(9)2)12(16)15-7-3-4-10(8-15)13(17)18/h5-6,10H,3-4,7-8H2,1-2H3,(H,17,18)/t10-/m0/s1. The molecule has 0 unspecified atom stereocenters. The molecule has 1 fully saturated rings. The second-order valence-electron chi connectivity index (χ2n) is 4.85. The molecule has 0 saturated carbocycles. The van der Waals surface area contributed by atoms with E-state index in [-0.39, 0.29) is 5.91 Å². The summed E-state index contributed by atoms with van der Waals surface area (Å²) < 4.78 is 1.84. The van der Waals surface area contributed by atoms with Gasteiger partial charge in [-0.05, 0) is 31.9 Å². The van der Waals surface area contributed by atoms with Crippen LogP contribution in [-0.2, 0) is 11.8 Å². The van der Waals surface area contributed by atoms with Gasteiger partial charge in [0.15, 0.2) is 0 Å². The molecule has 18 heavy (non-hydrogen) atoms. The van der Waals surface area contributed by atoms with E-state index in [0.29, 0.717) is 25.2 Å². The monoisotopic (exact) mass is 250 g/mol. The summed E-state index contributed by atoms with van der Waals surface area (Å²) in [7, 11) is 1.85. The molecular formula is C13H18N2O3. The molecule has 0 spiro atoms. The van der Waals surface area contributed by atoms with E-state index in [9.17, 15) is 9.59 Å². The van der Waals surface area contributed by atoms with Gasteiger partial charge in [-0.2, -0.15) is 0 Å². The Bertz CT molecular complexity index is 479. The van der Waals surface area contributed by atoms with Crippen LogP contribution in [0.2, 0.25) is 0 Å². The predicted octanol–water partition coefficient (Wildman–Crippen LogP) is 1.27. The van der Waals surface area contributed by atoms with Crippen LogP contribution >= 0.6 is 0 Å². The SMILES string of the molecule is Cc1ccc(C(=O)N2CCC[C@H](C(=O)O)C2)n1C. The predicted molar refractivity (Wildman–Crippen MR) is 66.4 cm³/mol. The molecule has 5 heteroatoms. The molecule has 1 aromatic rings. The van der Waals surface area contributed by atoms with Crippen molar-refractivity contribution < 1.29 is 14.7 Å². The van der Waals surface area contributed by atoms with Gasteiger partial charge < -0.3 is 14.6 Å². The molecule has 0 aromatic carbocycles. The number of aliphatic carboxylic acids is 1. The van der Waals surface area contributed by atoms with E-state index < -0.39 is 11.9 Å². The molecule has 0 aliphatic carbocycles. The fourth-order valence-corrected chi connectivity index (χ4v) is 2.35. The van der Waals surface area contributed by atoms with Crippen LogP contribution in [0.1, 0.15) is 29.0 Å². The smallest absolute Gasteiger partial charge is 0.308 e. The third-order valence-corrected chi connectivity index (χ3v) is 3.65. The Balaban J connectivity index is 2.14. The maximum Gasteiger partial charge on any atom is 0.308 e. The number of carboxylic acid groups (broad SMARTS) is 1. The Morgan fingerprint density at radius 2 is 2.11 bits per heavy atom. The number of hydrogen-bond acceptors (Lipinski definition) is 2. The maximum atomic E-state index is 12.3. The molecule has 1 amide bonds. The van der Waals surface area contributed by atoms with Gasteiger partial charge in [0.05, 0.1) is 5.92 Å². The fourth-order valence-electron chi connectivity index (χ4n) is 2.35. The van der Waals surface area contributed by atoms with Crippen LogP contribution in [0.3, 0.4) is 0 Å². The Kier molecular flexibility index (Phi) is 3.41. The van der Waals surface area contributed by atoms with Gasteiger partial charge in [-0.25, -0.2) is 0 Å². The Morgan fingerprint density at radius 1 is 1.39 bits per heavy atom. The summed E-state index contributed by atoms with van der Waals surface area (Å²) in [6, 6.07) is 3.69. The zero-order valence-corrected chi connectivity index (χ0v) is 10.7. The highest BCUT2D eigenvalue weighted by Crippen LogP contribution is 2.19. The normalized spacial score (nSPS) is 19.9. The summed E-state index contributed by atoms with van der Waals surface area (Å²) in [6.07, 6.45) is 1.41. The van der Waals surface area contributed by atoms with Crippen molar-refractivity contribution in [2.75, 3.05) is 13.1 Å². The fraction of sp³-hybridized carbons (Fsp3) is 0.538. The molecule has 98 valence electrons. The minimum Gasteiger partial charge on any atom is -0.481 e. The van der Waals surface area contributed by atoms with Crippen molar-refractivity contribution in [3.05, 3.63) is 23.5 Å². The molecule has 1 aromatic heterocycles. The van der Waals surface area contributed by atoms with E-state index in [4.69, 9.17) is 5.11 Å². The second-order valence-corrected chi connectivity index (χ2v) is 4.85. The highest BCUT2D eigenvalue weighted by atomic mass is 16.4. The molecule has 0 radical (unpaired) electrons. The minimum absolute atomic E-state index is 0.0726. The maximum absolute atomic E-state index is 12.3. The van der Waals surface area contributed by atoms with Crippen LogP contribution in [0, 0.1) is 12.8 Å². The molecule has 1 atom stereocenters. The highest BCUT2D eigenvalue weighted by Gasteiger charge is 2.29. The summed E-state index contributed by atoms with van der Waals surface area (Å²) in [5.74, 6) is -1.31. The molecule has 1 aliphatic rings. The number of hydrogen-bond donors (Lipinski definition) is 1. The number of aryl methyl sites for hydroxylation is 1. The number of likely N-dealkylation sites (tertiary alicyclic amines) is 1. The lowest BCUT2D eigenvalue weighted by molar-refractivity contribution is -0.143. The van der Waals surface area contributed by atoms with E-state index >= 15 is 0 Å². The van der Waals surface area contributed by atoms with Crippen LogP contribution in [0.15, 0.2) is 12.1 Å². The first-order valence-corrected chi connectivity index (χ1v) is 6.15. The van der Waals surface area contributed by atoms with Gasteiger partial charge >= 0.3 is 5.97 Å². The van der Waals surface area contributed by atoms with Gasteiger partial charge in [-0.3, -0.25) is 9.59 Å². The highest BCUT2D eigenvalue weighted by molar-refractivity contribution is 5.93. The Morgan fingerprint density at radius 3 is 2.67 bits per heavy atom. The third kappa shape index (κ3) is 2.25. The lowest BCUT2D eigenvalue weighted by Crippen LogP contribution is -2.42. The molecule has 1 saturated heterocycles. The van der Waals surface area contributed by atoms with Gasteiger partial charge in [0.2, 0.25) is 0 Å². The average molecular weight is 250 g/mol.